The van der Waals surface area contributed by atoms with Gasteiger partial charge in [0.25, 0.3) is 5.91 Å². The molecule has 1 amide bonds. The number of hydrogen-bond donors (Lipinski definition) is 1. The largest absolute Gasteiger partial charge is 0.493 e. The molecule has 2 heterocycles. The molecule has 1 aromatic carbocycles. The number of ether oxygens (including phenoxy) is 2. The molecule has 0 radical (unpaired) electrons. The molecular formula is C17H24N2O3. The fourth-order valence-corrected chi connectivity index (χ4v) is 3.51. The maximum absolute atomic E-state index is 12.9. The van der Waals surface area contributed by atoms with Crippen molar-refractivity contribution in [3.63, 3.8) is 0 Å². The lowest BCUT2D eigenvalue weighted by molar-refractivity contribution is 0.0747. The average molecular weight is 304 g/mol. The van der Waals surface area contributed by atoms with E-state index >= 15 is 0 Å². The van der Waals surface area contributed by atoms with Crippen LogP contribution in [0.4, 0.5) is 0 Å². The standard InChI is InChI=1S/C17H24N2O3/c1-11-8-15(21-2)16(22-3)9-14(11)17(20)19-7-6-12-4-5-13(10-19)18-12/h8-9,12-13,18H,4-7,10H2,1-3H3. The number of aryl methyl sites for hydroxylation is 1. The summed E-state index contributed by atoms with van der Waals surface area (Å²) in [5, 5.41) is 3.61. The Morgan fingerprint density at radius 1 is 1.14 bits per heavy atom. The molecule has 2 fully saturated rings. The molecular weight excluding hydrogens is 280 g/mol. The first-order valence-corrected chi connectivity index (χ1v) is 7.90. The Morgan fingerprint density at radius 3 is 2.55 bits per heavy atom. The number of benzene rings is 1. The SMILES string of the molecule is COc1cc(C)c(C(=O)N2CCC3CCC(C2)N3)cc1OC. The molecule has 0 aromatic heterocycles. The molecule has 5 heteroatoms. The second-order valence-corrected chi connectivity index (χ2v) is 6.20. The van der Waals surface area contributed by atoms with Crippen molar-refractivity contribution in [2.75, 3.05) is 27.3 Å². The Kier molecular flexibility index (Phi) is 4.25. The number of nitrogens with one attached hydrogen (secondary N) is 1. The van der Waals surface area contributed by atoms with Crippen molar-refractivity contribution < 1.29 is 14.3 Å². The number of hydrogen-bond acceptors (Lipinski definition) is 4. The molecule has 22 heavy (non-hydrogen) atoms. The van der Waals surface area contributed by atoms with E-state index in [2.05, 4.69) is 5.32 Å². The van der Waals surface area contributed by atoms with Crippen LogP contribution in [0.5, 0.6) is 11.5 Å². The van der Waals surface area contributed by atoms with Crippen LogP contribution < -0.4 is 14.8 Å². The second kappa shape index (κ2) is 6.16. The number of carbonyl (C=O) groups is 1. The zero-order valence-electron chi connectivity index (χ0n) is 13.5. The Labute approximate surface area is 131 Å². The van der Waals surface area contributed by atoms with Gasteiger partial charge >= 0.3 is 0 Å². The maximum Gasteiger partial charge on any atom is 0.254 e. The highest BCUT2D eigenvalue weighted by atomic mass is 16.5. The average Bonchev–Trinajstić information content (AvgIpc) is 2.85. The van der Waals surface area contributed by atoms with Gasteiger partial charge < -0.3 is 19.7 Å². The fraction of sp³-hybridized carbons (Fsp3) is 0.588. The van der Waals surface area contributed by atoms with Gasteiger partial charge in [-0.15, -0.1) is 0 Å². The van der Waals surface area contributed by atoms with Crippen LogP contribution in [0.3, 0.4) is 0 Å². The number of carbonyl (C=O) groups excluding carboxylic acids is 1. The van der Waals surface area contributed by atoms with Crippen molar-refractivity contribution in [3.05, 3.63) is 23.3 Å². The van der Waals surface area contributed by atoms with Crippen molar-refractivity contribution in [2.24, 2.45) is 0 Å². The van der Waals surface area contributed by atoms with Gasteiger partial charge in [-0.25, -0.2) is 0 Å². The summed E-state index contributed by atoms with van der Waals surface area (Å²) in [6.45, 7) is 3.56. The predicted octanol–water partition coefficient (Wildman–Crippen LogP) is 1.98. The Balaban J connectivity index is 1.85. The van der Waals surface area contributed by atoms with E-state index in [-0.39, 0.29) is 5.91 Å². The number of nitrogens with zero attached hydrogens (tertiary/aromatic N) is 1. The summed E-state index contributed by atoms with van der Waals surface area (Å²) in [6, 6.07) is 4.69. The Bertz CT molecular complexity index is 573. The summed E-state index contributed by atoms with van der Waals surface area (Å²) in [7, 11) is 3.20. The number of rotatable bonds is 3. The topological polar surface area (TPSA) is 50.8 Å². The molecule has 1 N–H and O–H groups in total. The van der Waals surface area contributed by atoms with Crippen LogP contribution in [0.25, 0.3) is 0 Å². The molecule has 2 saturated heterocycles. The molecule has 0 spiro atoms. The first-order chi connectivity index (χ1) is 10.6. The van der Waals surface area contributed by atoms with Crippen LogP contribution >= 0.6 is 0 Å². The van der Waals surface area contributed by atoms with Gasteiger partial charge in [-0.2, -0.15) is 0 Å². The second-order valence-electron chi connectivity index (χ2n) is 6.20. The molecule has 1 aromatic rings. The third kappa shape index (κ3) is 2.77. The number of amides is 1. The molecule has 2 aliphatic rings. The predicted molar refractivity (Wildman–Crippen MR) is 84.7 cm³/mol. The third-order valence-corrected chi connectivity index (χ3v) is 4.77. The van der Waals surface area contributed by atoms with Crippen LogP contribution in [-0.4, -0.2) is 50.2 Å². The minimum absolute atomic E-state index is 0.0906. The minimum atomic E-state index is 0.0906. The van der Waals surface area contributed by atoms with E-state index in [1.54, 1.807) is 20.3 Å². The third-order valence-electron chi connectivity index (χ3n) is 4.77. The fourth-order valence-electron chi connectivity index (χ4n) is 3.51. The molecule has 2 bridgehead atoms. The minimum Gasteiger partial charge on any atom is -0.493 e. The van der Waals surface area contributed by atoms with Gasteiger partial charge in [0.2, 0.25) is 0 Å². The molecule has 0 aliphatic carbocycles. The van der Waals surface area contributed by atoms with E-state index in [0.717, 1.165) is 25.1 Å². The van der Waals surface area contributed by atoms with Crippen LogP contribution in [-0.2, 0) is 0 Å². The molecule has 120 valence electrons. The van der Waals surface area contributed by atoms with Crippen LogP contribution in [0.2, 0.25) is 0 Å². The highest BCUT2D eigenvalue weighted by Gasteiger charge is 2.32. The summed E-state index contributed by atoms with van der Waals surface area (Å²) in [4.78, 5) is 14.9. The summed E-state index contributed by atoms with van der Waals surface area (Å²) in [5.74, 6) is 1.35. The van der Waals surface area contributed by atoms with Gasteiger partial charge in [-0.3, -0.25) is 4.79 Å². The van der Waals surface area contributed by atoms with E-state index in [1.807, 2.05) is 17.9 Å². The summed E-state index contributed by atoms with van der Waals surface area (Å²) in [5.41, 5.74) is 1.63. The van der Waals surface area contributed by atoms with Crippen molar-refractivity contribution >= 4 is 5.91 Å². The highest BCUT2D eigenvalue weighted by Crippen LogP contribution is 2.31. The van der Waals surface area contributed by atoms with E-state index < -0.39 is 0 Å². The Morgan fingerprint density at radius 2 is 1.82 bits per heavy atom. The number of methoxy groups -OCH3 is 2. The first-order valence-electron chi connectivity index (χ1n) is 7.90. The zero-order chi connectivity index (χ0) is 15.7. The smallest absolute Gasteiger partial charge is 0.254 e. The van der Waals surface area contributed by atoms with Crippen molar-refractivity contribution in [2.45, 2.75) is 38.3 Å². The monoisotopic (exact) mass is 304 g/mol. The summed E-state index contributed by atoms with van der Waals surface area (Å²) >= 11 is 0. The molecule has 3 rings (SSSR count). The lowest BCUT2D eigenvalue weighted by Crippen LogP contribution is -2.39. The van der Waals surface area contributed by atoms with Gasteiger partial charge in [0.05, 0.1) is 14.2 Å². The highest BCUT2D eigenvalue weighted by molar-refractivity contribution is 5.96. The zero-order valence-corrected chi connectivity index (χ0v) is 13.5. The van der Waals surface area contributed by atoms with Crippen LogP contribution in [0.1, 0.15) is 35.2 Å². The maximum atomic E-state index is 12.9. The van der Waals surface area contributed by atoms with Gasteiger partial charge in [0.1, 0.15) is 0 Å². The van der Waals surface area contributed by atoms with E-state index in [4.69, 9.17) is 9.47 Å². The molecule has 5 nitrogen and oxygen atoms in total. The van der Waals surface area contributed by atoms with E-state index in [1.165, 1.54) is 12.8 Å². The molecule has 0 saturated carbocycles. The normalized spacial score (nSPS) is 24.0. The van der Waals surface area contributed by atoms with Crippen LogP contribution in [0, 0.1) is 6.92 Å². The lowest BCUT2D eigenvalue weighted by Gasteiger charge is -2.25. The van der Waals surface area contributed by atoms with Gasteiger partial charge in [0.15, 0.2) is 11.5 Å². The number of fused-ring (bicyclic) bond motifs is 2. The van der Waals surface area contributed by atoms with Crippen LogP contribution in [0.15, 0.2) is 12.1 Å². The summed E-state index contributed by atoms with van der Waals surface area (Å²) in [6.07, 6.45) is 3.44. The van der Waals surface area contributed by atoms with Gasteiger partial charge in [0, 0.05) is 30.7 Å². The lowest BCUT2D eigenvalue weighted by atomic mass is 10.0. The first kappa shape index (κ1) is 15.2. The quantitative estimate of drug-likeness (QED) is 0.928. The molecule has 2 aliphatic heterocycles. The van der Waals surface area contributed by atoms with Gasteiger partial charge in [-0.1, -0.05) is 0 Å². The summed E-state index contributed by atoms with van der Waals surface area (Å²) < 4.78 is 10.6. The molecule has 2 atom stereocenters. The van der Waals surface area contributed by atoms with Crippen molar-refractivity contribution in [1.29, 1.82) is 0 Å². The van der Waals surface area contributed by atoms with Gasteiger partial charge in [-0.05, 0) is 43.9 Å². The van der Waals surface area contributed by atoms with E-state index in [9.17, 15) is 4.79 Å². The van der Waals surface area contributed by atoms with Crippen molar-refractivity contribution in [1.82, 2.24) is 10.2 Å². The van der Waals surface area contributed by atoms with Crippen molar-refractivity contribution in [3.8, 4) is 11.5 Å². The Hall–Kier alpha value is -1.75. The van der Waals surface area contributed by atoms with E-state index in [0.29, 0.717) is 29.1 Å². The number of likely N-dealkylation sites (tertiary alicyclic amines) is 1. The molecule has 2 unspecified atom stereocenters.